The minimum atomic E-state index is -0.885. The molecule has 2 rings (SSSR count). The van der Waals surface area contributed by atoms with Crippen molar-refractivity contribution in [2.45, 2.75) is 25.3 Å². The van der Waals surface area contributed by atoms with Crippen molar-refractivity contribution >= 4 is 17.7 Å². The fraction of sp³-hybridized carbons (Fsp3) is 0.438. The Morgan fingerprint density at radius 1 is 1.44 bits per heavy atom. The van der Waals surface area contributed by atoms with E-state index in [0.717, 1.165) is 0 Å². The molecule has 1 aliphatic carbocycles. The zero-order valence-electron chi connectivity index (χ0n) is 14.1. The van der Waals surface area contributed by atoms with Crippen LogP contribution in [0.5, 0.6) is 0 Å². The van der Waals surface area contributed by atoms with Gasteiger partial charge in [0.1, 0.15) is 5.91 Å². The number of amides is 3. The van der Waals surface area contributed by atoms with Crippen LogP contribution in [0.2, 0.25) is 0 Å². The summed E-state index contributed by atoms with van der Waals surface area (Å²) in [5.41, 5.74) is 0.272. The van der Waals surface area contributed by atoms with Crippen LogP contribution in [0, 0.1) is 6.08 Å². The van der Waals surface area contributed by atoms with Gasteiger partial charge in [0.25, 0.3) is 0 Å². The van der Waals surface area contributed by atoms with E-state index < -0.39 is 29.6 Å². The van der Waals surface area contributed by atoms with Gasteiger partial charge in [-0.1, -0.05) is 11.6 Å². The Morgan fingerprint density at radius 3 is 2.68 bits per heavy atom. The van der Waals surface area contributed by atoms with Crippen molar-refractivity contribution < 1.29 is 44.6 Å². The van der Waals surface area contributed by atoms with Crippen LogP contribution in [-0.4, -0.2) is 49.9 Å². The van der Waals surface area contributed by atoms with E-state index in [9.17, 15) is 18.8 Å². The topological polar surface area (TPSA) is 87.7 Å². The smallest absolute Gasteiger partial charge is 0.248 e. The molecule has 0 aromatic rings. The van der Waals surface area contributed by atoms with Crippen molar-refractivity contribution in [1.82, 2.24) is 15.5 Å². The predicted molar refractivity (Wildman–Crippen MR) is 82.6 cm³/mol. The molecule has 3 amide bonds. The van der Waals surface area contributed by atoms with E-state index in [0.29, 0.717) is 11.5 Å². The van der Waals surface area contributed by atoms with Gasteiger partial charge in [-0.2, -0.15) is 0 Å². The van der Waals surface area contributed by atoms with E-state index in [1.807, 2.05) is 0 Å². The molecule has 7 nitrogen and oxygen atoms in total. The monoisotopic (exact) mass is 520 g/mol. The summed E-state index contributed by atoms with van der Waals surface area (Å²) in [7, 11) is 4.91. The third-order valence-corrected chi connectivity index (χ3v) is 3.73. The third kappa shape index (κ3) is 5.26. The molecule has 1 saturated heterocycles. The fourth-order valence-corrected chi connectivity index (χ4v) is 2.31. The van der Waals surface area contributed by atoms with Crippen LogP contribution in [0.4, 0.5) is 4.39 Å². The number of allylic oxidation sites excluding steroid dienone is 2. The van der Waals surface area contributed by atoms with Crippen molar-refractivity contribution in [2.75, 3.05) is 21.2 Å². The quantitative estimate of drug-likeness (QED) is 0.412. The summed E-state index contributed by atoms with van der Waals surface area (Å²) in [6.07, 6.45) is 4.43. The zero-order valence-corrected chi connectivity index (χ0v) is 17.1. The molecular weight excluding hydrogens is 501 g/mol. The molecule has 9 heteroatoms. The van der Waals surface area contributed by atoms with Crippen LogP contribution < -0.4 is 10.6 Å². The van der Waals surface area contributed by atoms with Crippen LogP contribution in [0.1, 0.15) is 19.3 Å². The number of methoxy groups -OCH3 is 1. The second-order valence-corrected chi connectivity index (χ2v) is 5.66. The number of nitrogens with one attached hydrogen (secondary N) is 2. The summed E-state index contributed by atoms with van der Waals surface area (Å²) in [4.78, 5) is 36.9. The molecule has 25 heavy (non-hydrogen) atoms. The number of ether oxygens (including phenoxy) is 1. The van der Waals surface area contributed by atoms with Gasteiger partial charge in [-0.3, -0.25) is 19.3 Å². The molecule has 1 atom stereocenters. The third-order valence-electron chi connectivity index (χ3n) is 3.73. The molecule has 1 fully saturated rings. The molecule has 1 heterocycles. The van der Waals surface area contributed by atoms with Gasteiger partial charge in [0.2, 0.25) is 11.8 Å². The van der Waals surface area contributed by atoms with E-state index in [4.69, 9.17) is 4.74 Å². The van der Waals surface area contributed by atoms with Gasteiger partial charge in [0, 0.05) is 65.3 Å². The number of carbonyl (C=O) groups excluding carboxylic acids is 3. The first kappa shape index (κ1) is 21.1. The zero-order chi connectivity index (χ0) is 17.9. The Morgan fingerprint density at radius 2 is 2.12 bits per heavy atom. The van der Waals surface area contributed by atoms with Gasteiger partial charge in [-0.25, -0.2) is 0 Å². The molecule has 0 radical (unpaired) electrons. The summed E-state index contributed by atoms with van der Waals surface area (Å²) in [6, 6.07) is -0.885. The SMILES string of the molecule is COC1=[C-]C(C(=O)NC2CCC(=O)NC2=O)=C(F)C=C(N(C)C)C1.[W]. The van der Waals surface area contributed by atoms with Crippen molar-refractivity contribution in [3.63, 3.8) is 0 Å². The normalized spacial score (nSPS) is 20.6. The first-order chi connectivity index (χ1) is 11.3. The Hall–Kier alpha value is -1.95. The summed E-state index contributed by atoms with van der Waals surface area (Å²) < 4.78 is 19.6. The predicted octanol–water partition coefficient (Wildman–Crippen LogP) is 0.312. The molecule has 136 valence electrons. The number of rotatable bonds is 4. The van der Waals surface area contributed by atoms with Crippen LogP contribution >= 0.6 is 0 Å². The average molecular weight is 520 g/mol. The van der Waals surface area contributed by atoms with Crippen molar-refractivity contribution in [1.29, 1.82) is 0 Å². The van der Waals surface area contributed by atoms with Crippen LogP contribution in [0.25, 0.3) is 0 Å². The van der Waals surface area contributed by atoms with Crippen LogP contribution in [0.15, 0.2) is 28.9 Å². The summed E-state index contributed by atoms with van der Waals surface area (Å²) in [5, 5.41) is 4.56. The number of halogens is 1. The number of nitrogens with zero attached hydrogens (tertiary/aromatic N) is 1. The second-order valence-electron chi connectivity index (χ2n) is 5.66. The standard InChI is InChI=1S/C16H19FN3O4.W/c1-20(2)9-6-10(24-3)8-11(12(17)7-9)15(22)18-13-4-5-14(21)19-16(13)23;/h7,13H,4-6H2,1-3H3,(H,18,22)(H,19,21,23);/q-1;. The number of hydrogen-bond acceptors (Lipinski definition) is 5. The van der Waals surface area contributed by atoms with Crippen molar-refractivity contribution in [3.8, 4) is 0 Å². The molecule has 0 aromatic heterocycles. The van der Waals surface area contributed by atoms with Gasteiger partial charge in [-0.05, 0) is 6.42 Å². The fourth-order valence-electron chi connectivity index (χ4n) is 2.31. The van der Waals surface area contributed by atoms with Gasteiger partial charge >= 0.3 is 0 Å². The molecule has 0 bridgehead atoms. The number of imide groups is 1. The van der Waals surface area contributed by atoms with Crippen molar-refractivity contribution in [3.05, 3.63) is 35.0 Å². The molecule has 2 aliphatic rings. The van der Waals surface area contributed by atoms with Gasteiger partial charge in [-0.15, -0.1) is 6.08 Å². The van der Waals surface area contributed by atoms with E-state index >= 15 is 0 Å². The van der Waals surface area contributed by atoms with E-state index in [2.05, 4.69) is 16.7 Å². The molecule has 1 unspecified atom stereocenters. The maximum absolute atomic E-state index is 14.4. The molecular formula is C16H19FN3O4W-. The summed E-state index contributed by atoms with van der Waals surface area (Å²) in [5.74, 6) is -2.24. The number of hydrogen-bond donors (Lipinski definition) is 2. The Kier molecular flexibility index (Phi) is 7.55. The largest absolute Gasteiger partial charge is 0.514 e. The van der Waals surface area contributed by atoms with E-state index in [1.165, 1.54) is 13.2 Å². The van der Waals surface area contributed by atoms with Gasteiger partial charge in [0.15, 0.2) is 0 Å². The summed E-state index contributed by atoms with van der Waals surface area (Å²) in [6.45, 7) is 0. The Bertz CT molecular complexity index is 670. The summed E-state index contributed by atoms with van der Waals surface area (Å²) >= 11 is 0. The van der Waals surface area contributed by atoms with Crippen LogP contribution in [-0.2, 0) is 40.2 Å². The average Bonchev–Trinajstić information content (AvgIpc) is 2.69. The van der Waals surface area contributed by atoms with E-state index in [1.54, 1.807) is 19.0 Å². The minimum absolute atomic E-state index is 0. The van der Waals surface area contributed by atoms with E-state index in [-0.39, 0.29) is 45.9 Å². The van der Waals surface area contributed by atoms with Crippen molar-refractivity contribution in [2.24, 2.45) is 0 Å². The molecule has 0 spiro atoms. The molecule has 1 aliphatic heterocycles. The maximum Gasteiger partial charge on any atom is 0.248 e. The second kappa shape index (κ2) is 8.94. The minimum Gasteiger partial charge on any atom is -0.514 e. The Labute approximate surface area is 159 Å². The first-order valence-corrected chi connectivity index (χ1v) is 7.41. The maximum atomic E-state index is 14.4. The molecule has 0 saturated carbocycles. The number of carbonyl (C=O) groups is 3. The molecule has 2 N–H and O–H groups in total. The van der Waals surface area contributed by atoms with Gasteiger partial charge < -0.3 is 19.7 Å². The van der Waals surface area contributed by atoms with Gasteiger partial charge in [0.05, 0.1) is 13.2 Å². The number of piperidine rings is 1. The Balaban J connectivity index is 0.00000312. The van der Waals surface area contributed by atoms with Crippen LogP contribution in [0.3, 0.4) is 0 Å². The first-order valence-electron chi connectivity index (χ1n) is 7.41. The molecule has 0 aromatic carbocycles.